The summed E-state index contributed by atoms with van der Waals surface area (Å²) in [5.41, 5.74) is 0. The van der Waals surface area contributed by atoms with Crippen molar-refractivity contribution in [2.24, 2.45) is 0 Å². The molecular formula is C28H52NNa2O9P. The van der Waals surface area contributed by atoms with Crippen LogP contribution in [0.5, 0.6) is 0 Å². The Kier molecular flexibility index (Phi) is 35.8. The van der Waals surface area contributed by atoms with Crippen LogP contribution in [0, 0.1) is 0 Å². The molecule has 0 saturated heterocycles. The van der Waals surface area contributed by atoms with E-state index in [2.05, 4.69) is 16.8 Å². The fourth-order valence-corrected chi connectivity index (χ4v) is 4.44. The minimum absolute atomic E-state index is 0. The molecule has 0 aromatic heterocycles. The van der Waals surface area contributed by atoms with Crippen LogP contribution in [-0.2, 0) is 32.9 Å². The smallest absolute Gasteiger partial charge is 0.790 e. The van der Waals surface area contributed by atoms with Crippen molar-refractivity contribution in [3.8, 4) is 0 Å². The van der Waals surface area contributed by atoms with Gasteiger partial charge >= 0.3 is 71.1 Å². The van der Waals surface area contributed by atoms with E-state index in [1.54, 1.807) is 6.92 Å². The largest absolute Gasteiger partial charge is 1.00 e. The first-order valence-electron chi connectivity index (χ1n) is 14.9. The number of ether oxygens (including phenoxy) is 2. The van der Waals surface area contributed by atoms with Gasteiger partial charge in [0.15, 0.2) is 6.10 Å². The molecule has 0 unspecified atom stereocenters. The summed E-state index contributed by atoms with van der Waals surface area (Å²) < 4.78 is 25.4. The summed E-state index contributed by atoms with van der Waals surface area (Å²) in [5.74, 6) is -0.965. The van der Waals surface area contributed by atoms with E-state index in [9.17, 15) is 28.7 Å². The van der Waals surface area contributed by atoms with Crippen LogP contribution >= 0.6 is 7.82 Å². The monoisotopic (exact) mass is 623 g/mol. The molecule has 0 rings (SSSR count). The minimum atomic E-state index is -5.24. The number of phosphoric ester groups is 1. The number of carbonyl (C=O) groups excluding carboxylic acids is 3. The molecular weight excluding hydrogens is 571 g/mol. The van der Waals surface area contributed by atoms with E-state index in [-0.39, 0.29) is 84.5 Å². The normalized spacial score (nSPS) is 11.6. The summed E-state index contributed by atoms with van der Waals surface area (Å²) in [6, 6.07) is 0. The van der Waals surface area contributed by atoms with Crippen LogP contribution < -0.4 is 74.2 Å². The van der Waals surface area contributed by atoms with E-state index in [4.69, 9.17) is 9.47 Å². The Hall–Kier alpha value is 0.520. The Labute approximate surface area is 292 Å². The van der Waals surface area contributed by atoms with Crippen LogP contribution in [0.2, 0.25) is 0 Å². The maximum atomic E-state index is 12.1. The molecule has 10 nitrogen and oxygen atoms in total. The zero-order valence-electron chi connectivity index (χ0n) is 26.3. The van der Waals surface area contributed by atoms with Gasteiger partial charge in [-0.05, 0) is 19.3 Å². The van der Waals surface area contributed by atoms with Gasteiger partial charge in [0.2, 0.25) is 5.91 Å². The van der Waals surface area contributed by atoms with Crippen LogP contribution in [0.25, 0.3) is 0 Å². The number of hydrogen-bond donors (Lipinski definition) is 1. The molecule has 0 radical (unpaired) electrons. The van der Waals surface area contributed by atoms with Gasteiger partial charge in [0.05, 0.1) is 14.4 Å². The van der Waals surface area contributed by atoms with E-state index >= 15 is 0 Å². The molecule has 0 spiro atoms. The number of unbranched alkanes of at least 4 members (excludes halogenated alkanes) is 15. The zero-order valence-corrected chi connectivity index (χ0v) is 31.1. The first kappa shape index (κ1) is 45.9. The average Bonchev–Trinajstić information content (AvgIpc) is 2.87. The van der Waals surface area contributed by atoms with E-state index in [0.29, 0.717) is 12.8 Å². The maximum absolute atomic E-state index is 12.1. The van der Waals surface area contributed by atoms with Crippen LogP contribution in [0.3, 0.4) is 0 Å². The van der Waals surface area contributed by atoms with Crippen molar-refractivity contribution in [3.05, 3.63) is 0 Å². The Morgan fingerprint density at radius 3 is 1.59 bits per heavy atom. The molecule has 1 atom stereocenters. The Balaban J connectivity index is -0.00000722. The van der Waals surface area contributed by atoms with Gasteiger partial charge in [-0.25, -0.2) is 0 Å². The second kappa shape index (κ2) is 31.9. The molecule has 0 aliphatic carbocycles. The third-order valence-corrected chi connectivity index (χ3v) is 6.78. The molecule has 1 amide bonds. The van der Waals surface area contributed by atoms with Gasteiger partial charge in [-0.1, -0.05) is 96.8 Å². The molecule has 1 N–H and O–H groups in total. The summed E-state index contributed by atoms with van der Waals surface area (Å²) >= 11 is 0. The van der Waals surface area contributed by atoms with Crippen molar-refractivity contribution >= 4 is 25.7 Å². The first-order valence-corrected chi connectivity index (χ1v) is 16.4. The molecule has 0 aliphatic rings. The summed E-state index contributed by atoms with van der Waals surface area (Å²) in [5, 5.41) is 2.81. The van der Waals surface area contributed by atoms with Gasteiger partial charge in [0.1, 0.15) is 6.61 Å². The predicted octanol–water partition coefficient (Wildman–Crippen LogP) is -1.14. The van der Waals surface area contributed by atoms with Gasteiger partial charge in [0, 0.05) is 26.3 Å². The van der Waals surface area contributed by atoms with E-state index in [1.807, 2.05) is 0 Å². The molecule has 0 bridgehead atoms. The van der Waals surface area contributed by atoms with Crippen LogP contribution in [-0.4, -0.2) is 43.7 Å². The van der Waals surface area contributed by atoms with Gasteiger partial charge in [-0.3, -0.25) is 14.4 Å². The molecule has 230 valence electrons. The third-order valence-electron chi connectivity index (χ3n) is 6.31. The van der Waals surface area contributed by atoms with Crippen molar-refractivity contribution in [1.82, 2.24) is 5.32 Å². The van der Waals surface area contributed by atoms with Crippen molar-refractivity contribution in [2.45, 2.75) is 142 Å². The summed E-state index contributed by atoms with van der Waals surface area (Å²) in [6.45, 7) is 3.39. The number of esters is 2. The topological polar surface area (TPSA) is 154 Å². The molecule has 0 aliphatic heterocycles. The second-order valence-corrected chi connectivity index (χ2v) is 11.3. The molecule has 0 heterocycles. The SMILES string of the molecule is CCCCCCCC(=O)O[C@H](COC(=O)CCCCCCCCCCCCCCNC(C)=O)COP(=O)([O-])[O-].[Na+].[Na+]. The number of phosphoric acid groups is 1. The molecule has 0 saturated carbocycles. The Bertz CT molecular complexity index is 695. The van der Waals surface area contributed by atoms with E-state index in [0.717, 1.165) is 64.3 Å². The molecule has 0 aromatic rings. The fraction of sp³-hybridized carbons (Fsp3) is 0.893. The van der Waals surface area contributed by atoms with Crippen LogP contribution in [0.4, 0.5) is 0 Å². The van der Waals surface area contributed by atoms with Crippen molar-refractivity contribution in [3.63, 3.8) is 0 Å². The summed E-state index contributed by atoms with van der Waals surface area (Å²) in [4.78, 5) is 56.5. The van der Waals surface area contributed by atoms with Gasteiger partial charge in [-0.2, -0.15) is 0 Å². The second-order valence-electron chi connectivity index (χ2n) is 10.2. The molecule has 13 heteroatoms. The number of carbonyl (C=O) groups is 3. The molecule has 0 fully saturated rings. The Morgan fingerprint density at radius 1 is 0.683 bits per heavy atom. The fourth-order valence-electron chi connectivity index (χ4n) is 4.09. The average molecular weight is 624 g/mol. The first-order chi connectivity index (χ1) is 18.6. The quantitative estimate of drug-likeness (QED) is 0.0518. The van der Waals surface area contributed by atoms with Gasteiger partial charge in [0.25, 0.3) is 0 Å². The number of nitrogens with one attached hydrogen (secondary N) is 1. The summed E-state index contributed by atoms with van der Waals surface area (Å²) in [6.07, 6.45) is 17.3. The predicted molar refractivity (Wildman–Crippen MR) is 146 cm³/mol. The van der Waals surface area contributed by atoms with E-state index in [1.165, 1.54) is 38.5 Å². The molecule has 0 aromatic carbocycles. The zero-order chi connectivity index (χ0) is 29.2. The number of amides is 1. The van der Waals surface area contributed by atoms with Crippen LogP contribution in [0.15, 0.2) is 0 Å². The van der Waals surface area contributed by atoms with E-state index < -0.39 is 32.5 Å². The standard InChI is InChI=1S/C28H54NO9P.2Na/c1-3-4-5-14-18-21-28(32)38-26(24-37-39(33,34)35)23-36-27(31)20-17-15-12-10-8-6-7-9-11-13-16-19-22-29-25(2)30;;/h26H,3-24H2,1-2H3,(H,29,30)(H2,33,34,35);;/q;2*+1/p-2/t26-;;/m1../s1. The van der Waals surface area contributed by atoms with Gasteiger partial charge < -0.3 is 33.7 Å². The van der Waals surface area contributed by atoms with Crippen LogP contribution in [0.1, 0.15) is 136 Å². The third kappa shape index (κ3) is 36.6. The number of hydrogen-bond acceptors (Lipinski definition) is 9. The minimum Gasteiger partial charge on any atom is -0.790 e. The molecule has 41 heavy (non-hydrogen) atoms. The maximum Gasteiger partial charge on any atom is 1.00 e. The van der Waals surface area contributed by atoms with Crippen molar-refractivity contribution < 1.29 is 102 Å². The van der Waals surface area contributed by atoms with Gasteiger partial charge in [-0.15, -0.1) is 0 Å². The summed E-state index contributed by atoms with van der Waals surface area (Å²) in [7, 11) is -5.24. The number of rotatable bonds is 27. The Morgan fingerprint density at radius 2 is 1.12 bits per heavy atom. The van der Waals surface area contributed by atoms with Crippen molar-refractivity contribution in [2.75, 3.05) is 19.8 Å². The van der Waals surface area contributed by atoms with Crippen molar-refractivity contribution in [1.29, 1.82) is 0 Å².